The Labute approximate surface area is 108 Å². The van der Waals surface area contributed by atoms with Crippen molar-refractivity contribution in [3.05, 3.63) is 24.0 Å². The van der Waals surface area contributed by atoms with E-state index in [4.69, 9.17) is 5.73 Å². The van der Waals surface area contributed by atoms with Crippen molar-refractivity contribution < 1.29 is 9.53 Å². The Morgan fingerprint density at radius 3 is 2.78 bits per heavy atom. The maximum absolute atomic E-state index is 11.4. The molecule has 0 radical (unpaired) electrons. The largest absolute Gasteiger partial charge is 0.464 e. The average molecular weight is 251 g/mol. The zero-order valence-corrected chi connectivity index (χ0v) is 11.4. The number of pyridine rings is 1. The summed E-state index contributed by atoms with van der Waals surface area (Å²) in [4.78, 5) is 15.4. The van der Waals surface area contributed by atoms with Gasteiger partial charge in [-0.1, -0.05) is 13.8 Å². The van der Waals surface area contributed by atoms with Crippen LogP contribution < -0.4 is 11.1 Å². The molecule has 1 atom stereocenters. The quantitative estimate of drug-likeness (QED) is 0.778. The van der Waals surface area contributed by atoms with Gasteiger partial charge in [-0.05, 0) is 25.0 Å². The van der Waals surface area contributed by atoms with Crippen LogP contribution in [0.25, 0.3) is 0 Å². The average Bonchev–Trinajstić information content (AvgIpc) is 2.37. The zero-order chi connectivity index (χ0) is 13.8. The van der Waals surface area contributed by atoms with E-state index in [2.05, 4.69) is 35.8 Å². The third-order valence-corrected chi connectivity index (χ3v) is 3.28. The minimum atomic E-state index is -0.447. The first-order valence-electron chi connectivity index (χ1n) is 5.95. The molecule has 0 fully saturated rings. The van der Waals surface area contributed by atoms with Crippen molar-refractivity contribution in [3.63, 3.8) is 0 Å². The fourth-order valence-corrected chi connectivity index (χ4v) is 1.49. The van der Waals surface area contributed by atoms with E-state index in [9.17, 15) is 4.79 Å². The second-order valence-electron chi connectivity index (χ2n) is 4.82. The Kier molecular flexibility index (Phi) is 4.67. The number of aromatic nitrogens is 1. The van der Waals surface area contributed by atoms with Gasteiger partial charge in [0.05, 0.1) is 7.11 Å². The van der Waals surface area contributed by atoms with Gasteiger partial charge in [0.2, 0.25) is 0 Å². The minimum absolute atomic E-state index is 0.227. The topological polar surface area (TPSA) is 77.2 Å². The molecule has 0 saturated carbocycles. The van der Waals surface area contributed by atoms with Crippen molar-refractivity contribution in [2.24, 2.45) is 11.7 Å². The lowest BCUT2D eigenvalue weighted by atomic mass is 9.88. The number of hydrogen-bond donors (Lipinski definition) is 2. The summed E-state index contributed by atoms with van der Waals surface area (Å²) in [6.07, 6.45) is 1.58. The van der Waals surface area contributed by atoms with Crippen molar-refractivity contribution in [1.29, 1.82) is 0 Å². The van der Waals surface area contributed by atoms with Gasteiger partial charge in [0.15, 0.2) is 0 Å². The summed E-state index contributed by atoms with van der Waals surface area (Å²) in [6, 6.07) is 3.48. The third-order valence-electron chi connectivity index (χ3n) is 3.28. The monoisotopic (exact) mass is 251 g/mol. The standard InChI is InChI=1S/C13H21N3O2/c1-9(2)13(3,8-14)16-10-5-6-15-11(7-10)12(17)18-4/h5-7,9H,8,14H2,1-4H3,(H,15,16). The molecule has 18 heavy (non-hydrogen) atoms. The first kappa shape index (κ1) is 14.4. The summed E-state index contributed by atoms with van der Waals surface area (Å²) in [6.45, 7) is 6.75. The number of ether oxygens (including phenoxy) is 1. The van der Waals surface area contributed by atoms with Gasteiger partial charge in [0.1, 0.15) is 5.69 Å². The molecule has 0 aliphatic heterocycles. The van der Waals surface area contributed by atoms with Crippen molar-refractivity contribution in [2.75, 3.05) is 19.0 Å². The molecule has 0 aliphatic carbocycles. The summed E-state index contributed by atoms with van der Waals surface area (Å²) in [5.41, 5.74) is 6.68. The fourth-order valence-electron chi connectivity index (χ4n) is 1.49. The van der Waals surface area contributed by atoms with Crippen molar-refractivity contribution in [1.82, 2.24) is 4.98 Å². The second-order valence-corrected chi connectivity index (χ2v) is 4.82. The molecule has 3 N–H and O–H groups in total. The Bertz CT molecular complexity index is 420. The SMILES string of the molecule is COC(=O)c1cc(NC(C)(CN)C(C)C)ccn1. The van der Waals surface area contributed by atoms with Gasteiger partial charge >= 0.3 is 5.97 Å². The van der Waals surface area contributed by atoms with E-state index >= 15 is 0 Å². The fraction of sp³-hybridized carbons (Fsp3) is 0.538. The molecule has 0 aliphatic rings. The van der Waals surface area contributed by atoms with Crippen LogP contribution in [0.4, 0.5) is 5.69 Å². The molecule has 1 heterocycles. The molecular weight excluding hydrogens is 230 g/mol. The van der Waals surface area contributed by atoms with Gasteiger partial charge in [0.25, 0.3) is 0 Å². The number of anilines is 1. The van der Waals surface area contributed by atoms with E-state index in [1.165, 1.54) is 7.11 Å². The van der Waals surface area contributed by atoms with E-state index in [0.29, 0.717) is 12.5 Å². The van der Waals surface area contributed by atoms with Crippen LogP contribution in [0.5, 0.6) is 0 Å². The van der Waals surface area contributed by atoms with Crippen molar-refractivity contribution in [2.45, 2.75) is 26.3 Å². The predicted molar refractivity (Wildman–Crippen MR) is 71.5 cm³/mol. The molecule has 0 bridgehead atoms. The van der Waals surface area contributed by atoms with Gasteiger partial charge in [-0.25, -0.2) is 9.78 Å². The highest BCUT2D eigenvalue weighted by atomic mass is 16.5. The van der Waals surface area contributed by atoms with E-state index < -0.39 is 5.97 Å². The summed E-state index contributed by atoms with van der Waals surface area (Å²) < 4.78 is 4.64. The first-order valence-corrected chi connectivity index (χ1v) is 5.95. The molecule has 1 aromatic heterocycles. The lowest BCUT2D eigenvalue weighted by Gasteiger charge is -2.34. The summed E-state index contributed by atoms with van der Waals surface area (Å²) >= 11 is 0. The van der Waals surface area contributed by atoms with Crippen molar-refractivity contribution in [3.8, 4) is 0 Å². The smallest absolute Gasteiger partial charge is 0.356 e. The zero-order valence-electron chi connectivity index (χ0n) is 11.4. The molecule has 0 spiro atoms. The minimum Gasteiger partial charge on any atom is -0.464 e. The van der Waals surface area contributed by atoms with Gasteiger partial charge < -0.3 is 15.8 Å². The van der Waals surface area contributed by atoms with Crippen molar-refractivity contribution >= 4 is 11.7 Å². The first-order chi connectivity index (χ1) is 8.42. The predicted octanol–water partition coefficient (Wildman–Crippen LogP) is 1.65. The molecule has 5 heteroatoms. The normalized spacial score (nSPS) is 14.1. The number of esters is 1. The number of methoxy groups -OCH3 is 1. The van der Waals surface area contributed by atoms with E-state index in [0.717, 1.165) is 5.69 Å². The summed E-state index contributed by atoms with van der Waals surface area (Å²) in [5.74, 6) is -0.0881. The number of nitrogens with two attached hydrogens (primary N) is 1. The molecular formula is C13H21N3O2. The highest BCUT2D eigenvalue weighted by Crippen LogP contribution is 2.22. The van der Waals surface area contributed by atoms with Crippen LogP contribution in [0.15, 0.2) is 18.3 Å². The Morgan fingerprint density at radius 1 is 1.61 bits per heavy atom. The van der Waals surface area contributed by atoms with Gasteiger partial charge in [-0.15, -0.1) is 0 Å². The third kappa shape index (κ3) is 3.20. The Balaban J connectivity index is 2.94. The van der Waals surface area contributed by atoms with Crippen LogP contribution in [0.3, 0.4) is 0 Å². The van der Waals surface area contributed by atoms with Crippen LogP contribution in [0, 0.1) is 5.92 Å². The molecule has 5 nitrogen and oxygen atoms in total. The van der Waals surface area contributed by atoms with Crippen LogP contribution in [0.1, 0.15) is 31.3 Å². The van der Waals surface area contributed by atoms with E-state index in [-0.39, 0.29) is 11.2 Å². The number of carbonyl (C=O) groups is 1. The second kappa shape index (κ2) is 5.82. The molecule has 1 rings (SSSR count). The van der Waals surface area contributed by atoms with Crippen LogP contribution in [0.2, 0.25) is 0 Å². The molecule has 0 aromatic carbocycles. The van der Waals surface area contributed by atoms with Crippen LogP contribution in [-0.4, -0.2) is 30.1 Å². The van der Waals surface area contributed by atoms with Crippen LogP contribution in [-0.2, 0) is 4.74 Å². The van der Waals surface area contributed by atoms with Gasteiger partial charge in [-0.2, -0.15) is 0 Å². The number of carbonyl (C=O) groups excluding carboxylic acids is 1. The Hall–Kier alpha value is -1.62. The van der Waals surface area contributed by atoms with Gasteiger partial charge in [0, 0.05) is 24.0 Å². The van der Waals surface area contributed by atoms with Crippen LogP contribution >= 0.6 is 0 Å². The number of nitrogens with one attached hydrogen (secondary N) is 1. The molecule has 0 saturated heterocycles. The highest BCUT2D eigenvalue weighted by molar-refractivity contribution is 5.88. The molecule has 1 unspecified atom stereocenters. The van der Waals surface area contributed by atoms with E-state index in [1.807, 2.05) is 6.07 Å². The number of hydrogen-bond acceptors (Lipinski definition) is 5. The molecule has 100 valence electrons. The maximum Gasteiger partial charge on any atom is 0.356 e. The highest BCUT2D eigenvalue weighted by Gasteiger charge is 2.26. The van der Waals surface area contributed by atoms with E-state index in [1.54, 1.807) is 12.3 Å². The molecule has 1 aromatic rings. The summed E-state index contributed by atoms with van der Waals surface area (Å²) in [5, 5.41) is 3.35. The molecule has 0 amide bonds. The number of nitrogens with zero attached hydrogens (tertiary/aromatic N) is 1. The lowest BCUT2D eigenvalue weighted by molar-refractivity contribution is 0.0594. The summed E-state index contributed by atoms with van der Waals surface area (Å²) in [7, 11) is 1.34. The van der Waals surface area contributed by atoms with Gasteiger partial charge in [-0.3, -0.25) is 0 Å². The maximum atomic E-state index is 11.4. The lowest BCUT2D eigenvalue weighted by Crippen LogP contribution is -2.47. The Morgan fingerprint density at radius 2 is 2.28 bits per heavy atom. The number of rotatable bonds is 5.